The minimum atomic E-state index is -0.459. The summed E-state index contributed by atoms with van der Waals surface area (Å²) < 4.78 is 19.3. The van der Waals surface area contributed by atoms with Crippen LogP contribution in [-0.4, -0.2) is 0 Å². The molecule has 2 N–H and O–H groups in total. The van der Waals surface area contributed by atoms with Crippen LogP contribution in [0.2, 0.25) is 0 Å². The minimum Gasteiger partial charge on any atom is -0.454 e. The Labute approximate surface area is 111 Å². The highest BCUT2D eigenvalue weighted by Crippen LogP contribution is 2.31. The molecule has 0 aliphatic rings. The van der Waals surface area contributed by atoms with Gasteiger partial charge in [0, 0.05) is 11.6 Å². The quantitative estimate of drug-likeness (QED) is 0.914. The summed E-state index contributed by atoms with van der Waals surface area (Å²) in [4.78, 5) is 0. The molecule has 0 aliphatic heterocycles. The lowest BCUT2D eigenvalue weighted by Gasteiger charge is -2.14. The zero-order valence-corrected chi connectivity index (χ0v) is 10.4. The zero-order chi connectivity index (χ0) is 13.8. The topological polar surface area (TPSA) is 59.0 Å². The van der Waals surface area contributed by atoms with E-state index in [1.807, 2.05) is 6.07 Å². The van der Waals surface area contributed by atoms with Gasteiger partial charge in [-0.05, 0) is 37.3 Å². The highest BCUT2D eigenvalue weighted by Gasteiger charge is 2.13. The molecule has 0 fully saturated rings. The van der Waals surface area contributed by atoms with Crippen molar-refractivity contribution in [3.8, 4) is 17.6 Å². The van der Waals surface area contributed by atoms with E-state index >= 15 is 0 Å². The van der Waals surface area contributed by atoms with Crippen LogP contribution in [0.1, 0.15) is 24.1 Å². The molecule has 0 unspecified atom stereocenters. The van der Waals surface area contributed by atoms with Gasteiger partial charge in [0.1, 0.15) is 5.75 Å². The van der Waals surface area contributed by atoms with Crippen molar-refractivity contribution in [1.29, 1.82) is 5.26 Å². The number of nitrogens with two attached hydrogens (primary N) is 1. The average molecular weight is 256 g/mol. The van der Waals surface area contributed by atoms with Gasteiger partial charge in [0.2, 0.25) is 0 Å². The smallest absolute Gasteiger partial charge is 0.167 e. The van der Waals surface area contributed by atoms with Crippen molar-refractivity contribution in [2.75, 3.05) is 0 Å². The Balaban J connectivity index is 2.34. The van der Waals surface area contributed by atoms with Crippen molar-refractivity contribution in [2.45, 2.75) is 13.0 Å². The van der Waals surface area contributed by atoms with Gasteiger partial charge in [-0.3, -0.25) is 0 Å². The third-order valence-corrected chi connectivity index (χ3v) is 2.69. The molecule has 0 aromatic heterocycles. The fraction of sp³-hybridized carbons (Fsp3) is 0.133. The standard InChI is InChI=1S/C15H13FN2O/c1-10(18)13-3-2-4-14(16)15(13)19-12-7-5-11(9-17)6-8-12/h2-8,10H,18H2,1H3/t10-/m1/s1. The Morgan fingerprint density at radius 3 is 2.47 bits per heavy atom. The van der Waals surface area contributed by atoms with Crippen molar-refractivity contribution in [3.63, 3.8) is 0 Å². The summed E-state index contributed by atoms with van der Waals surface area (Å²) in [5.74, 6) is 0.132. The summed E-state index contributed by atoms with van der Waals surface area (Å²) in [6.07, 6.45) is 0. The first-order valence-corrected chi connectivity index (χ1v) is 5.84. The molecule has 0 saturated heterocycles. The maximum Gasteiger partial charge on any atom is 0.167 e. The summed E-state index contributed by atoms with van der Waals surface area (Å²) in [6.45, 7) is 1.76. The Kier molecular flexibility index (Phi) is 3.79. The van der Waals surface area contributed by atoms with Crippen molar-refractivity contribution in [1.82, 2.24) is 0 Å². The van der Waals surface area contributed by atoms with E-state index in [1.165, 1.54) is 6.07 Å². The van der Waals surface area contributed by atoms with Crippen LogP contribution in [0.25, 0.3) is 0 Å². The van der Waals surface area contributed by atoms with E-state index in [9.17, 15) is 4.39 Å². The number of hydrogen-bond acceptors (Lipinski definition) is 3. The fourth-order valence-electron chi connectivity index (χ4n) is 1.71. The molecule has 2 rings (SSSR count). The van der Waals surface area contributed by atoms with Crippen LogP contribution < -0.4 is 10.5 Å². The monoisotopic (exact) mass is 256 g/mol. The highest BCUT2D eigenvalue weighted by atomic mass is 19.1. The highest BCUT2D eigenvalue weighted by molar-refractivity contribution is 5.42. The number of para-hydroxylation sites is 1. The van der Waals surface area contributed by atoms with Crippen molar-refractivity contribution < 1.29 is 9.13 Å². The van der Waals surface area contributed by atoms with Crippen LogP contribution in [0, 0.1) is 17.1 Å². The lowest BCUT2D eigenvalue weighted by molar-refractivity contribution is 0.432. The molecule has 0 heterocycles. The second-order valence-electron chi connectivity index (χ2n) is 4.19. The van der Waals surface area contributed by atoms with Gasteiger partial charge in [-0.25, -0.2) is 4.39 Å². The summed E-state index contributed by atoms with van der Waals surface area (Å²) in [5, 5.41) is 8.71. The number of ether oxygens (including phenoxy) is 1. The number of hydrogen-bond donors (Lipinski definition) is 1. The van der Waals surface area contributed by atoms with Crippen LogP contribution in [-0.2, 0) is 0 Å². The molecule has 0 bridgehead atoms. The maximum atomic E-state index is 13.8. The van der Waals surface area contributed by atoms with Crippen molar-refractivity contribution in [2.24, 2.45) is 5.73 Å². The van der Waals surface area contributed by atoms with E-state index in [2.05, 4.69) is 0 Å². The van der Waals surface area contributed by atoms with Crippen molar-refractivity contribution >= 4 is 0 Å². The second-order valence-corrected chi connectivity index (χ2v) is 4.19. The third kappa shape index (κ3) is 2.90. The van der Waals surface area contributed by atoms with Gasteiger partial charge >= 0.3 is 0 Å². The first kappa shape index (κ1) is 13.1. The number of nitrogens with zero attached hydrogens (tertiary/aromatic N) is 1. The van der Waals surface area contributed by atoms with Gasteiger partial charge < -0.3 is 10.5 Å². The molecule has 0 saturated carbocycles. The predicted octanol–water partition coefficient (Wildman–Crippen LogP) is 3.51. The SMILES string of the molecule is C[C@@H](N)c1cccc(F)c1Oc1ccc(C#N)cc1. The van der Waals surface area contributed by atoms with Crippen LogP contribution in [0.5, 0.6) is 11.5 Å². The Morgan fingerprint density at radius 2 is 1.89 bits per heavy atom. The molecule has 3 nitrogen and oxygen atoms in total. The Hall–Kier alpha value is -2.38. The van der Waals surface area contributed by atoms with Gasteiger partial charge in [-0.1, -0.05) is 12.1 Å². The van der Waals surface area contributed by atoms with Crippen LogP contribution in [0.3, 0.4) is 0 Å². The van der Waals surface area contributed by atoms with Gasteiger partial charge in [0.05, 0.1) is 11.6 Å². The molecule has 2 aromatic rings. The fourth-order valence-corrected chi connectivity index (χ4v) is 1.71. The summed E-state index contributed by atoms with van der Waals surface area (Å²) in [5.41, 5.74) is 6.92. The molecular formula is C15H13FN2O. The van der Waals surface area contributed by atoms with Crippen molar-refractivity contribution in [3.05, 3.63) is 59.4 Å². The molecular weight excluding hydrogens is 243 g/mol. The number of benzene rings is 2. The second kappa shape index (κ2) is 5.51. The van der Waals surface area contributed by atoms with Crippen LogP contribution >= 0.6 is 0 Å². The molecule has 0 aliphatic carbocycles. The van der Waals surface area contributed by atoms with Gasteiger partial charge in [0.15, 0.2) is 11.6 Å². The molecule has 19 heavy (non-hydrogen) atoms. The predicted molar refractivity (Wildman–Crippen MR) is 70.2 cm³/mol. The lowest BCUT2D eigenvalue weighted by Crippen LogP contribution is -2.07. The Bertz CT molecular complexity index is 615. The number of nitriles is 1. The van der Waals surface area contributed by atoms with E-state index in [0.29, 0.717) is 16.9 Å². The summed E-state index contributed by atoms with van der Waals surface area (Å²) in [7, 11) is 0. The van der Waals surface area contributed by atoms with Gasteiger partial charge in [-0.2, -0.15) is 5.26 Å². The molecule has 0 radical (unpaired) electrons. The van der Waals surface area contributed by atoms with E-state index in [4.69, 9.17) is 15.7 Å². The molecule has 2 aromatic carbocycles. The van der Waals surface area contributed by atoms with Crippen LogP contribution in [0.4, 0.5) is 4.39 Å². The third-order valence-electron chi connectivity index (χ3n) is 2.69. The summed E-state index contributed by atoms with van der Waals surface area (Å²) in [6, 6.07) is 12.8. The van der Waals surface area contributed by atoms with Gasteiger partial charge in [0.25, 0.3) is 0 Å². The number of rotatable bonds is 3. The molecule has 0 spiro atoms. The molecule has 96 valence electrons. The molecule has 4 heteroatoms. The van der Waals surface area contributed by atoms with E-state index in [0.717, 1.165) is 0 Å². The zero-order valence-electron chi connectivity index (χ0n) is 10.4. The van der Waals surface area contributed by atoms with E-state index < -0.39 is 5.82 Å². The normalized spacial score (nSPS) is 11.7. The van der Waals surface area contributed by atoms with E-state index in [1.54, 1.807) is 43.3 Å². The average Bonchev–Trinajstić information content (AvgIpc) is 2.41. The van der Waals surface area contributed by atoms with Crippen LogP contribution in [0.15, 0.2) is 42.5 Å². The minimum absolute atomic E-state index is 0.127. The number of halogens is 1. The molecule has 1 atom stereocenters. The summed E-state index contributed by atoms with van der Waals surface area (Å²) >= 11 is 0. The first-order valence-electron chi connectivity index (χ1n) is 5.84. The lowest BCUT2D eigenvalue weighted by atomic mass is 10.1. The largest absolute Gasteiger partial charge is 0.454 e. The van der Waals surface area contributed by atoms with Gasteiger partial charge in [-0.15, -0.1) is 0 Å². The van der Waals surface area contributed by atoms with E-state index in [-0.39, 0.29) is 11.8 Å². The maximum absolute atomic E-state index is 13.8. The first-order chi connectivity index (χ1) is 9.11. The molecule has 0 amide bonds. The Morgan fingerprint density at radius 1 is 1.21 bits per heavy atom.